The maximum atomic E-state index is 14.6. The number of rotatable bonds is 5. The van der Waals surface area contributed by atoms with Gasteiger partial charge in [0, 0.05) is 5.56 Å². The van der Waals surface area contributed by atoms with Gasteiger partial charge in [-0.15, -0.1) is 0 Å². The van der Waals surface area contributed by atoms with Crippen molar-refractivity contribution in [3.05, 3.63) is 58.2 Å². The van der Waals surface area contributed by atoms with E-state index in [4.69, 9.17) is 11.3 Å². The number of benzene rings is 1. The lowest BCUT2D eigenvalue weighted by Crippen LogP contribution is -2.20. The third kappa shape index (κ3) is 3.11. The first-order valence-electron chi connectivity index (χ1n) is 7.92. The largest absolute Gasteiger partial charge is 0.465 e. The number of halogens is 1. The fraction of sp³-hybridized carbons (Fsp3) is 0.278. The summed E-state index contributed by atoms with van der Waals surface area (Å²) in [5.41, 5.74) is 0.00435. The van der Waals surface area contributed by atoms with Crippen molar-refractivity contribution in [2.45, 2.75) is 20.3 Å². The summed E-state index contributed by atoms with van der Waals surface area (Å²) in [4.78, 5) is 22.2. The van der Waals surface area contributed by atoms with Crippen LogP contribution in [0.3, 0.4) is 0 Å². The van der Waals surface area contributed by atoms with Crippen molar-refractivity contribution >= 4 is 11.3 Å². The number of H-pyrrole nitrogens is 1. The minimum absolute atomic E-state index is 0.0179. The van der Waals surface area contributed by atoms with Crippen LogP contribution in [0.4, 0.5) is 10.1 Å². The Hall–Kier alpha value is -3.14. The highest BCUT2D eigenvalue weighted by atomic mass is 19.1. The Bertz CT molecular complexity index is 1000. The van der Waals surface area contributed by atoms with Crippen molar-refractivity contribution in [1.82, 2.24) is 14.4 Å². The summed E-state index contributed by atoms with van der Waals surface area (Å²) >= 11 is 0. The van der Waals surface area contributed by atoms with Gasteiger partial charge in [-0.2, -0.15) is 9.37 Å². The monoisotopic (exact) mass is 340 g/mol. The molecular weight excluding hydrogens is 323 g/mol. The van der Waals surface area contributed by atoms with Gasteiger partial charge in [-0.25, -0.2) is 14.0 Å². The van der Waals surface area contributed by atoms with E-state index in [1.807, 2.05) is 6.07 Å². The van der Waals surface area contributed by atoms with Crippen LogP contribution in [-0.2, 0) is 0 Å². The van der Waals surface area contributed by atoms with Crippen LogP contribution >= 0.6 is 0 Å². The van der Waals surface area contributed by atoms with Gasteiger partial charge < -0.3 is 4.74 Å². The van der Waals surface area contributed by atoms with Gasteiger partial charge in [-0.05, 0) is 17.9 Å². The topological polar surface area (TPSA) is 63.8 Å². The minimum Gasteiger partial charge on any atom is -0.465 e. The van der Waals surface area contributed by atoms with Crippen LogP contribution in [0, 0.1) is 18.4 Å². The molecule has 0 bridgehead atoms. The van der Waals surface area contributed by atoms with Crippen LogP contribution in [0.15, 0.2) is 35.1 Å². The molecule has 0 spiro atoms. The highest BCUT2D eigenvalue weighted by Gasteiger charge is 2.23. The van der Waals surface area contributed by atoms with Crippen LogP contribution in [-0.4, -0.2) is 21.0 Å². The second kappa shape index (κ2) is 6.77. The van der Waals surface area contributed by atoms with Crippen molar-refractivity contribution in [2.75, 3.05) is 6.61 Å². The first-order chi connectivity index (χ1) is 12.0. The van der Waals surface area contributed by atoms with E-state index < -0.39 is 11.6 Å². The number of ether oxygens (including phenoxy) is 1. The molecule has 1 N–H and O–H groups in total. The molecule has 0 radical (unpaired) electrons. The Balaban J connectivity index is 2.19. The second-order valence-corrected chi connectivity index (χ2v) is 6.03. The van der Waals surface area contributed by atoms with Crippen molar-refractivity contribution in [3.63, 3.8) is 0 Å². The summed E-state index contributed by atoms with van der Waals surface area (Å²) in [6.07, 6.45) is 0.795. The summed E-state index contributed by atoms with van der Waals surface area (Å²) < 4.78 is 20.8. The van der Waals surface area contributed by atoms with Crippen LogP contribution in [0.1, 0.15) is 20.3 Å². The molecule has 3 rings (SSSR count). The smallest absolute Gasteiger partial charge is 0.336 e. The normalized spacial score (nSPS) is 11.0. The minimum atomic E-state index is -0.925. The number of aromatic amines is 1. The van der Waals surface area contributed by atoms with E-state index >= 15 is 0 Å². The van der Waals surface area contributed by atoms with Crippen LogP contribution < -0.4 is 10.4 Å². The van der Waals surface area contributed by atoms with E-state index in [2.05, 4.69) is 28.7 Å². The maximum Gasteiger partial charge on any atom is 0.336 e. The van der Waals surface area contributed by atoms with E-state index in [-0.39, 0.29) is 22.9 Å². The molecule has 25 heavy (non-hydrogen) atoms. The molecule has 2 heterocycles. The molecule has 0 fully saturated rings. The average Bonchev–Trinajstić information content (AvgIpc) is 2.87. The molecule has 0 unspecified atom stereocenters. The van der Waals surface area contributed by atoms with Gasteiger partial charge in [0.25, 0.3) is 11.7 Å². The third-order valence-corrected chi connectivity index (χ3v) is 3.80. The quantitative estimate of drug-likeness (QED) is 0.719. The van der Waals surface area contributed by atoms with Crippen LogP contribution in [0.5, 0.6) is 6.01 Å². The molecule has 0 aliphatic heterocycles. The second-order valence-electron chi connectivity index (χ2n) is 6.03. The summed E-state index contributed by atoms with van der Waals surface area (Å²) in [6, 6.07) is 8.87. The van der Waals surface area contributed by atoms with Gasteiger partial charge in [-0.3, -0.25) is 4.98 Å². The first kappa shape index (κ1) is 16.7. The SMILES string of the molecule is [C-]#[N+]c1c(-c2ccccc2)c2nc(OCCC(C)C)[nH]c(=O)n2c1F. The van der Waals surface area contributed by atoms with E-state index in [1.165, 1.54) is 0 Å². The molecule has 0 saturated heterocycles. The fourth-order valence-corrected chi connectivity index (χ4v) is 2.51. The van der Waals surface area contributed by atoms with Crippen LogP contribution in [0.25, 0.3) is 21.6 Å². The molecular formula is C18H17FN4O2. The average molecular weight is 340 g/mol. The number of hydrogen-bond acceptors (Lipinski definition) is 3. The summed E-state index contributed by atoms with van der Waals surface area (Å²) in [5.74, 6) is -0.485. The molecule has 0 atom stereocenters. The van der Waals surface area contributed by atoms with Crippen molar-refractivity contribution < 1.29 is 9.13 Å². The van der Waals surface area contributed by atoms with E-state index in [9.17, 15) is 9.18 Å². The number of nitrogens with zero attached hydrogens (tertiary/aromatic N) is 3. The standard InChI is InChI=1S/C18H17FN4O2/c1-11(2)9-10-25-17-21-16-13(12-7-5-4-6-8-12)14(20-3)15(19)23(16)18(24)22-17/h4-8,11H,9-10H2,1-2H3,(H,21,22,24). The summed E-state index contributed by atoms with van der Waals surface area (Å²) in [7, 11) is 0. The van der Waals surface area contributed by atoms with E-state index in [0.717, 1.165) is 10.8 Å². The molecule has 0 amide bonds. The lowest BCUT2D eigenvalue weighted by atomic mass is 10.1. The van der Waals surface area contributed by atoms with Crippen molar-refractivity contribution in [1.29, 1.82) is 0 Å². The summed E-state index contributed by atoms with van der Waals surface area (Å²) in [6.45, 7) is 11.8. The Labute approximate surface area is 143 Å². The Morgan fingerprint density at radius 1 is 1.36 bits per heavy atom. The van der Waals surface area contributed by atoms with Gasteiger partial charge >= 0.3 is 5.69 Å². The molecule has 6 nitrogen and oxygen atoms in total. The summed E-state index contributed by atoms with van der Waals surface area (Å²) in [5, 5.41) is 0. The number of nitrogens with one attached hydrogen (secondary N) is 1. The molecule has 1 aromatic carbocycles. The Kier molecular flexibility index (Phi) is 4.52. The Morgan fingerprint density at radius 2 is 2.08 bits per heavy atom. The molecule has 2 aromatic heterocycles. The number of hydrogen-bond donors (Lipinski definition) is 1. The van der Waals surface area contributed by atoms with Gasteiger partial charge in [0.15, 0.2) is 0 Å². The van der Waals surface area contributed by atoms with Gasteiger partial charge in [0.1, 0.15) is 5.65 Å². The maximum absolute atomic E-state index is 14.6. The molecule has 7 heteroatoms. The molecule has 0 aliphatic carbocycles. The number of aromatic nitrogens is 3. The van der Waals surface area contributed by atoms with Crippen molar-refractivity contribution in [2.24, 2.45) is 5.92 Å². The highest BCUT2D eigenvalue weighted by molar-refractivity contribution is 5.90. The Morgan fingerprint density at radius 3 is 2.72 bits per heavy atom. The van der Waals surface area contributed by atoms with Crippen LogP contribution in [0.2, 0.25) is 0 Å². The first-order valence-corrected chi connectivity index (χ1v) is 7.92. The zero-order chi connectivity index (χ0) is 18.0. The van der Waals surface area contributed by atoms with Gasteiger partial charge in [-0.1, -0.05) is 44.2 Å². The predicted octanol–water partition coefficient (Wildman–Crippen LogP) is 3.80. The molecule has 128 valence electrons. The molecule has 0 aliphatic rings. The highest BCUT2D eigenvalue weighted by Crippen LogP contribution is 2.37. The lowest BCUT2D eigenvalue weighted by molar-refractivity contribution is 0.267. The lowest BCUT2D eigenvalue weighted by Gasteiger charge is -2.07. The van der Waals surface area contributed by atoms with Gasteiger partial charge in [0.05, 0.1) is 13.2 Å². The zero-order valence-electron chi connectivity index (χ0n) is 13.9. The van der Waals surface area contributed by atoms with Gasteiger partial charge in [0.2, 0.25) is 5.95 Å². The van der Waals surface area contributed by atoms with E-state index in [0.29, 0.717) is 18.1 Å². The van der Waals surface area contributed by atoms with Crippen molar-refractivity contribution in [3.8, 4) is 17.1 Å². The number of fused-ring (bicyclic) bond motifs is 1. The molecule has 3 aromatic rings. The zero-order valence-corrected chi connectivity index (χ0v) is 13.9. The van der Waals surface area contributed by atoms with E-state index in [1.54, 1.807) is 24.3 Å². The molecule has 0 saturated carbocycles. The fourth-order valence-electron chi connectivity index (χ4n) is 2.51. The predicted molar refractivity (Wildman–Crippen MR) is 92.4 cm³/mol. The third-order valence-electron chi connectivity index (χ3n) is 3.80.